The highest BCUT2D eigenvalue weighted by atomic mass is 16.5. The quantitative estimate of drug-likeness (QED) is 0.695. The molecule has 27 heavy (non-hydrogen) atoms. The van der Waals surface area contributed by atoms with Gasteiger partial charge >= 0.3 is 5.97 Å². The van der Waals surface area contributed by atoms with E-state index in [4.69, 9.17) is 9.84 Å². The van der Waals surface area contributed by atoms with Gasteiger partial charge in [0.05, 0.1) is 11.6 Å². The van der Waals surface area contributed by atoms with Gasteiger partial charge < -0.3 is 9.84 Å². The van der Waals surface area contributed by atoms with Crippen LogP contribution < -0.4 is 4.74 Å². The van der Waals surface area contributed by atoms with Gasteiger partial charge in [-0.2, -0.15) is 5.10 Å². The highest BCUT2D eigenvalue weighted by molar-refractivity contribution is 5.96. The Hall–Kier alpha value is -2.82. The second kappa shape index (κ2) is 7.43. The summed E-state index contributed by atoms with van der Waals surface area (Å²) in [5, 5.41) is 14.6. The van der Waals surface area contributed by atoms with Crippen molar-refractivity contribution >= 4 is 16.9 Å². The number of rotatable bonds is 6. The number of carbonyl (C=O) groups is 1. The zero-order valence-corrected chi connectivity index (χ0v) is 15.5. The summed E-state index contributed by atoms with van der Waals surface area (Å²) in [5.41, 5.74) is 4.04. The summed E-state index contributed by atoms with van der Waals surface area (Å²) in [5.74, 6) is 0.0921. The summed E-state index contributed by atoms with van der Waals surface area (Å²) < 4.78 is 8.17. The highest BCUT2D eigenvalue weighted by Crippen LogP contribution is 2.37. The number of aliphatic carboxylic acids is 1. The normalized spacial score (nSPS) is 14.7. The fraction of sp³-hybridized carbons (Fsp3) is 0.364. The Morgan fingerprint density at radius 1 is 1.22 bits per heavy atom. The molecule has 3 aromatic rings. The van der Waals surface area contributed by atoms with Crippen molar-refractivity contribution in [3.63, 3.8) is 0 Å². The number of hydrogen-bond donors (Lipinski definition) is 1. The summed E-state index contributed by atoms with van der Waals surface area (Å²) in [7, 11) is 1.92. The van der Waals surface area contributed by atoms with Crippen molar-refractivity contribution < 1.29 is 14.6 Å². The van der Waals surface area contributed by atoms with Gasteiger partial charge in [-0.3, -0.25) is 9.48 Å². The summed E-state index contributed by atoms with van der Waals surface area (Å²) in [6.45, 7) is 0. The van der Waals surface area contributed by atoms with Crippen LogP contribution in [-0.4, -0.2) is 27.0 Å². The largest absolute Gasteiger partial charge is 0.490 e. The van der Waals surface area contributed by atoms with Crippen LogP contribution in [-0.2, 0) is 18.3 Å². The molecule has 1 heterocycles. The molecule has 1 N–H and O–H groups in total. The van der Waals surface area contributed by atoms with Gasteiger partial charge in [0.1, 0.15) is 5.75 Å². The molecular formula is C22H24N2O3. The Morgan fingerprint density at radius 2 is 2.04 bits per heavy atom. The molecule has 1 aliphatic rings. The summed E-state index contributed by atoms with van der Waals surface area (Å²) in [4.78, 5) is 11.0. The lowest BCUT2D eigenvalue weighted by Gasteiger charge is -2.18. The van der Waals surface area contributed by atoms with Crippen LogP contribution in [0.15, 0.2) is 42.6 Å². The summed E-state index contributed by atoms with van der Waals surface area (Å²) >= 11 is 0. The van der Waals surface area contributed by atoms with Gasteiger partial charge in [0, 0.05) is 30.6 Å². The molecule has 5 heteroatoms. The van der Waals surface area contributed by atoms with E-state index in [0.29, 0.717) is 6.42 Å². The molecule has 0 saturated heterocycles. The number of nitrogens with zero attached hydrogens (tertiary/aromatic N) is 2. The Balaban J connectivity index is 1.78. The molecule has 0 radical (unpaired) electrons. The SMILES string of the molecule is Cn1cc2c(-c3cc(CCC(=O)O)ccc3OC3CCCC3)cccc2n1. The number of hydrogen-bond acceptors (Lipinski definition) is 3. The predicted octanol–water partition coefficient (Wildman–Crippen LogP) is 4.58. The molecule has 2 aromatic carbocycles. The molecule has 4 rings (SSSR count). The zero-order valence-electron chi connectivity index (χ0n) is 15.5. The summed E-state index contributed by atoms with van der Waals surface area (Å²) in [6, 6.07) is 12.2. The number of benzene rings is 2. The maximum absolute atomic E-state index is 11.0. The molecule has 140 valence electrons. The third kappa shape index (κ3) is 3.82. The minimum atomic E-state index is -0.780. The van der Waals surface area contributed by atoms with E-state index in [-0.39, 0.29) is 12.5 Å². The van der Waals surface area contributed by atoms with Crippen LogP contribution in [0, 0.1) is 0 Å². The smallest absolute Gasteiger partial charge is 0.303 e. The van der Waals surface area contributed by atoms with Gasteiger partial charge in [-0.15, -0.1) is 0 Å². The molecule has 0 unspecified atom stereocenters. The van der Waals surface area contributed by atoms with Crippen molar-refractivity contribution in [1.29, 1.82) is 0 Å². The number of aryl methyl sites for hydroxylation is 2. The van der Waals surface area contributed by atoms with E-state index < -0.39 is 5.97 Å². The number of carboxylic acids is 1. The van der Waals surface area contributed by atoms with E-state index in [1.807, 2.05) is 42.2 Å². The third-order valence-electron chi connectivity index (χ3n) is 5.22. The lowest BCUT2D eigenvalue weighted by Crippen LogP contribution is -2.11. The van der Waals surface area contributed by atoms with Crippen LogP contribution in [0.1, 0.15) is 37.7 Å². The molecule has 0 bridgehead atoms. The Kier molecular flexibility index (Phi) is 4.84. The Bertz CT molecular complexity index is 971. The second-order valence-corrected chi connectivity index (χ2v) is 7.29. The maximum Gasteiger partial charge on any atom is 0.303 e. The zero-order chi connectivity index (χ0) is 18.8. The molecule has 0 spiro atoms. The van der Waals surface area contributed by atoms with Crippen molar-refractivity contribution in [2.75, 3.05) is 0 Å². The van der Waals surface area contributed by atoms with E-state index in [0.717, 1.165) is 46.2 Å². The van der Waals surface area contributed by atoms with E-state index in [9.17, 15) is 4.79 Å². The standard InChI is InChI=1S/C22H24N2O3/c1-24-14-19-17(7-4-8-20(19)23-24)18-13-15(10-12-22(25)26)9-11-21(18)27-16-5-2-3-6-16/h4,7-9,11,13-14,16H,2-3,5-6,10,12H2,1H3,(H,25,26). The van der Waals surface area contributed by atoms with Crippen LogP contribution in [0.25, 0.3) is 22.0 Å². The third-order valence-corrected chi connectivity index (χ3v) is 5.22. The van der Waals surface area contributed by atoms with E-state index in [1.54, 1.807) is 0 Å². The van der Waals surface area contributed by atoms with Gasteiger partial charge in [-0.05, 0) is 61.4 Å². The van der Waals surface area contributed by atoms with Crippen LogP contribution in [0.5, 0.6) is 5.75 Å². The molecule has 1 aliphatic carbocycles. The molecule has 5 nitrogen and oxygen atoms in total. The van der Waals surface area contributed by atoms with Gasteiger partial charge in [-0.1, -0.05) is 18.2 Å². The number of ether oxygens (including phenoxy) is 1. The second-order valence-electron chi connectivity index (χ2n) is 7.29. The van der Waals surface area contributed by atoms with Crippen molar-refractivity contribution in [3.05, 3.63) is 48.2 Å². The average molecular weight is 364 g/mol. The van der Waals surface area contributed by atoms with Crippen molar-refractivity contribution in [3.8, 4) is 16.9 Å². The first-order valence-electron chi connectivity index (χ1n) is 9.54. The number of fused-ring (bicyclic) bond motifs is 1. The topological polar surface area (TPSA) is 64.4 Å². The van der Waals surface area contributed by atoms with Gasteiger partial charge in [-0.25, -0.2) is 0 Å². The first kappa shape index (κ1) is 17.6. The first-order chi connectivity index (χ1) is 13.1. The van der Waals surface area contributed by atoms with Crippen LogP contribution >= 0.6 is 0 Å². The number of carboxylic acid groups (broad SMARTS) is 1. The average Bonchev–Trinajstić information content (AvgIpc) is 3.29. The van der Waals surface area contributed by atoms with Crippen molar-refractivity contribution in [1.82, 2.24) is 9.78 Å². The molecule has 0 aliphatic heterocycles. The molecule has 0 amide bonds. The van der Waals surface area contributed by atoms with E-state index in [1.165, 1.54) is 12.8 Å². The Labute approximate surface area is 158 Å². The van der Waals surface area contributed by atoms with E-state index in [2.05, 4.69) is 17.2 Å². The molecular weight excluding hydrogens is 340 g/mol. The van der Waals surface area contributed by atoms with Crippen molar-refractivity contribution in [2.24, 2.45) is 7.05 Å². The van der Waals surface area contributed by atoms with Crippen molar-refractivity contribution in [2.45, 2.75) is 44.6 Å². The molecule has 1 aromatic heterocycles. The Morgan fingerprint density at radius 3 is 2.81 bits per heavy atom. The lowest BCUT2D eigenvalue weighted by atomic mass is 9.97. The van der Waals surface area contributed by atoms with Gasteiger partial charge in [0.15, 0.2) is 0 Å². The minimum absolute atomic E-state index is 0.124. The van der Waals surface area contributed by atoms with Gasteiger partial charge in [0.25, 0.3) is 0 Å². The monoisotopic (exact) mass is 364 g/mol. The molecule has 1 saturated carbocycles. The molecule has 0 atom stereocenters. The fourth-order valence-corrected chi connectivity index (χ4v) is 3.88. The fourth-order valence-electron chi connectivity index (χ4n) is 3.88. The predicted molar refractivity (Wildman–Crippen MR) is 105 cm³/mol. The van der Waals surface area contributed by atoms with E-state index >= 15 is 0 Å². The summed E-state index contributed by atoms with van der Waals surface area (Å²) in [6.07, 6.45) is 7.54. The van der Waals surface area contributed by atoms with Crippen LogP contribution in [0.4, 0.5) is 0 Å². The van der Waals surface area contributed by atoms with Gasteiger partial charge in [0.2, 0.25) is 0 Å². The molecule has 1 fully saturated rings. The maximum atomic E-state index is 11.0. The first-order valence-corrected chi connectivity index (χ1v) is 9.54. The minimum Gasteiger partial charge on any atom is -0.490 e. The lowest BCUT2D eigenvalue weighted by molar-refractivity contribution is -0.136. The number of aromatic nitrogens is 2. The van der Waals surface area contributed by atoms with Crippen LogP contribution in [0.2, 0.25) is 0 Å². The van der Waals surface area contributed by atoms with Crippen LogP contribution in [0.3, 0.4) is 0 Å². The highest BCUT2D eigenvalue weighted by Gasteiger charge is 2.20.